The summed E-state index contributed by atoms with van der Waals surface area (Å²) >= 11 is 1.55. The predicted molar refractivity (Wildman–Crippen MR) is 61.0 cm³/mol. The van der Waals surface area contributed by atoms with E-state index < -0.39 is 0 Å². The van der Waals surface area contributed by atoms with Gasteiger partial charge >= 0.3 is 0 Å². The molecule has 5 nitrogen and oxygen atoms in total. The van der Waals surface area contributed by atoms with E-state index in [4.69, 9.17) is 5.26 Å². The number of aromatic nitrogens is 3. The average Bonchev–Trinajstić information content (AvgIpc) is 2.81. The summed E-state index contributed by atoms with van der Waals surface area (Å²) in [6, 6.07) is 3.75. The fourth-order valence-electron chi connectivity index (χ4n) is 1.33. The molecule has 0 bridgehead atoms. The topological polar surface area (TPSA) is 65.7 Å². The van der Waals surface area contributed by atoms with Crippen molar-refractivity contribution in [3.63, 3.8) is 0 Å². The Morgan fingerprint density at radius 2 is 2.44 bits per heavy atom. The van der Waals surface area contributed by atoms with Crippen LogP contribution in [0.5, 0.6) is 0 Å². The summed E-state index contributed by atoms with van der Waals surface area (Å²) in [5.74, 6) is 0.581. The number of rotatable bonds is 3. The first-order valence-corrected chi connectivity index (χ1v) is 5.55. The summed E-state index contributed by atoms with van der Waals surface area (Å²) in [6.07, 6.45) is 1.51. The van der Waals surface area contributed by atoms with Crippen molar-refractivity contribution in [1.82, 2.24) is 15.2 Å². The van der Waals surface area contributed by atoms with Crippen molar-refractivity contribution in [1.29, 1.82) is 5.26 Å². The molecule has 2 heterocycles. The summed E-state index contributed by atoms with van der Waals surface area (Å²) in [6.45, 7) is 0.622. The maximum absolute atomic E-state index is 8.94. The van der Waals surface area contributed by atoms with Gasteiger partial charge in [0.15, 0.2) is 5.82 Å². The molecule has 2 rings (SSSR count). The first kappa shape index (κ1) is 10.5. The van der Waals surface area contributed by atoms with E-state index >= 15 is 0 Å². The van der Waals surface area contributed by atoms with Crippen LogP contribution in [-0.4, -0.2) is 22.2 Å². The number of thiazole rings is 1. The number of nitriles is 1. The molecule has 0 radical (unpaired) electrons. The van der Waals surface area contributed by atoms with E-state index in [0.29, 0.717) is 17.9 Å². The molecule has 6 heteroatoms. The second-order valence-electron chi connectivity index (χ2n) is 3.22. The SMILES string of the molecule is CN(Cc1cscn1)c1nnccc1C#N. The minimum Gasteiger partial charge on any atom is -0.351 e. The molecule has 0 fully saturated rings. The van der Waals surface area contributed by atoms with E-state index in [2.05, 4.69) is 21.3 Å². The summed E-state index contributed by atoms with van der Waals surface area (Å²) in [5.41, 5.74) is 3.26. The first-order chi connectivity index (χ1) is 7.81. The van der Waals surface area contributed by atoms with Crippen molar-refractivity contribution in [2.75, 3.05) is 11.9 Å². The van der Waals surface area contributed by atoms with Crippen LogP contribution in [0, 0.1) is 11.3 Å². The van der Waals surface area contributed by atoms with E-state index in [1.54, 1.807) is 22.9 Å². The molecule has 0 aliphatic carbocycles. The Hall–Kier alpha value is -2.00. The zero-order valence-electron chi connectivity index (χ0n) is 8.66. The quantitative estimate of drug-likeness (QED) is 0.799. The molecule has 0 N–H and O–H groups in total. The Bertz CT molecular complexity index is 502. The van der Waals surface area contributed by atoms with Crippen LogP contribution in [0.15, 0.2) is 23.2 Å². The molecule has 0 atom stereocenters. The molecule has 0 amide bonds. The standard InChI is InChI=1S/C10H9N5S/c1-15(5-9-6-16-7-12-9)10-8(4-11)2-3-13-14-10/h2-3,6-7H,5H2,1H3. The van der Waals surface area contributed by atoms with Gasteiger partial charge in [-0.3, -0.25) is 0 Å². The van der Waals surface area contributed by atoms with Gasteiger partial charge in [-0.1, -0.05) is 0 Å². The van der Waals surface area contributed by atoms with Crippen LogP contribution in [0.4, 0.5) is 5.82 Å². The van der Waals surface area contributed by atoms with Crippen LogP contribution in [0.1, 0.15) is 11.3 Å². The Morgan fingerprint density at radius 3 is 3.12 bits per heavy atom. The second kappa shape index (κ2) is 4.68. The highest BCUT2D eigenvalue weighted by Gasteiger charge is 2.10. The predicted octanol–water partition coefficient (Wildman–Crippen LogP) is 1.44. The van der Waals surface area contributed by atoms with Crippen LogP contribution < -0.4 is 4.90 Å². The van der Waals surface area contributed by atoms with Gasteiger partial charge in [-0.25, -0.2) is 4.98 Å². The normalized spacial score (nSPS) is 9.75. The van der Waals surface area contributed by atoms with E-state index in [1.165, 1.54) is 6.20 Å². The molecule has 0 aliphatic rings. The monoisotopic (exact) mass is 231 g/mol. The first-order valence-electron chi connectivity index (χ1n) is 4.61. The average molecular weight is 231 g/mol. The Kier molecular flexibility index (Phi) is 3.08. The third-order valence-electron chi connectivity index (χ3n) is 2.07. The van der Waals surface area contributed by atoms with E-state index in [1.807, 2.05) is 17.3 Å². The van der Waals surface area contributed by atoms with Crippen molar-refractivity contribution in [3.05, 3.63) is 34.4 Å². The molecule has 16 heavy (non-hydrogen) atoms. The minimum absolute atomic E-state index is 0.521. The number of anilines is 1. The summed E-state index contributed by atoms with van der Waals surface area (Å²) in [4.78, 5) is 6.04. The lowest BCUT2D eigenvalue weighted by atomic mass is 10.3. The Balaban J connectivity index is 2.21. The third-order valence-corrected chi connectivity index (χ3v) is 2.70. The fourth-order valence-corrected chi connectivity index (χ4v) is 1.88. The summed E-state index contributed by atoms with van der Waals surface area (Å²) in [7, 11) is 1.87. The van der Waals surface area contributed by atoms with Crippen LogP contribution in [0.25, 0.3) is 0 Å². The molecule has 0 saturated heterocycles. The van der Waals surface area contributed by atoms with Gasteiger partial charge in [0.1, 0.15) is 6.07 Å². The van der Waals surface area contributed by atoms with E-state index in [-0.39, 0.29) is 0 Å². The second-order valence-corrected chi connectivity index (χ2v) is 3.93. The Labute approximate surface area is 97.0 Å². The van der Waals surface area contributed by atoms with Crippen LogP contribution >= 0.6 is 11.3 Å². The lowest BCUT2D eigenvalue weighted by Crippen LogP contribution is -2.19. The molecule has 2 aromatic rings. The zero-order chi connectivity index (χ0) is 11.4. The lowest BCUT2D eigenvalue weighted by Gasteiger charge is -2.16. The fraction of sp³-hybridized carbons (Fsp3) is 0.200. The van der Waals surface area contributed by atoms with Crippen molar-refractivity contribution in [2.24, 2.45) is 0 Å². The molecule has 2 aromatic heterocycles. The summed E-state index contributed by atoms with van der Waals surface area (Å²) in [5, 5.41) is 18.6. The smallest absolute Gasteiger partial charge is 0.169 e. The van der Waals surface area contributed by atoms with Crippen molar-refractivity contribution in [2.45, 2.75) is 6.54 Å². The molecule has 0 aliphatic heterocycles. The largest absolute Gasteiger partial charge is 0.351 e. The molecule has 0 aromatic carbocycles. The van der Waals surface area contributed by atoms with Crippen molar-refractivity contribution < 1.29 is 0 Å². The highest BCUT2D eigenvalue weighted by atomic mass is 32.1. The van der Waals surface area contributed by atoms with E-state index in [0.717, 1.165) is 5.69 Å². The maximum atomic E-state index is 8.94. The van der Waals surface area contributed by atoms with Gasteiger partial charge in [0, 0.05) is 12.4 Å². The number of hydrogen-bond acceptors (Lipinski definition) is 6. The summed E-state index contributed by atoms with van der Waals surface area (Å²) < 4.78 is 0. The number of nitrogens with zero attached hydrogens (tertiary/aromatic N) is 5. The minimum atomic E-state index is 0.521. The van der Waals surface area contributed by atoms with Crippen molar-refractivity contribution >= 4 is 17.2 Å². The van der Waals surface area contributed by atoms with Gasteiger partial charge in [-0.05, 0) is 6.07 Å². The highest BCUT2D eigenvalue weighted by molar-refractivity contribution is 7.07. The van der Waals surface area contributed by atoms with Gasteiger partial charge < -0.3 is 4.90 Å². The zero-order valence-corrected chi connectivity index (χ0v) is 9.48. The Morgan fingerprint density at radius 1 is 1.56 bits per heavy atom. The molecular formula is C10H9N5S. The van der Waals surface area contributed by atoms with Crippen LogP contribution in [0.2, 0.25) is 0 Å². The van der Waals surface area contributed by atoms with E-state index in [9.17, 15) is 0 Å². The lowest BCUT2D eigenvalue weighted by molar-refractivity contribution is 0.846. The highest BCUT2D eigenvalue weighted by Crippen LogP contribution is 2.15. The molecule has 80 valence electrons. The molecule has 0 saturated carbocycles. The van der Waals surface area contributed by atoms with Gasteiger partial charge in [-0.15, -0.1) is 16.4 Å². The van der Waals surface area contributed by atoms with Crippen molar-refractivity contribution in [3.8, 4) is 6.07 Å². The van der Waals surface area contributed by atoms with Gasteiger partial charge in [0.05, 0.1) is 29.5 Å². The maximum Gasteiger partial charge on any atom is 0.169 e. The van der Waals surface area contributed by atoms with Crippen LogP contribution in [-0.2, 0) is 6.54 Å². The van der Waals surface area contributed by atoms with Gasteiger partial charge in [0.25, 0.3) is 0 Å². The molecular weight excluding hydrogens is 222 g/mol. The van der Waals surface area contributed by atoms with Gasteiger partial charge in [0.2, 0.25) is 0 Å². The van der Waals surface area contributed by atoms with Crippen LogP contribution in [0.3, 0.4) is 0 Å². The molecule has 0 spiro atoms. The number of hydrogen-bond donors (Lipinski definition) is 0. The third kappa shape index (κ3) is 2.15. The molecule has 0 unspecified atom stereocenters. The van der Waals surface area contributed by atoms with Gasteiger partial charge in [-0.2, -0.15) is 10.4 Å².